The third-order valence-corrected chi connectivity index (χ3v) is 4.16. The van der Waals surface area contributed by atoms with Gasteiger partial charge in [-0.05, 0) is 29.3 Å². The second kappa shape index (κ2) is 10.5. The fourth-order valence-electron chi connectivity index (χ4n) is 2.72. The summed E-state index contributed by atoms with van der Waals surface area (Å²) in [6, 6.07) is 29.0. The molecule has 3 aromatic rings. The Morgan fingerprint density at radius 1 is 0.793 bits per heavy atom. The van der Waals surface area contributed by atoms with Crippen molar-refractivity contribution >= 4 is 23.6 Å². The molecule has 0 bridgehead atoms. The molecule has 5 heteroatoms. The molecule has 0 saturated carbocycles. The Bertz CT molecular complexity index is 942. The summed E-state index contributed by atoms with van der Waals surface area (Å²) in [5.74, 6) is -0.621. The number of rotatable bonds is 8. The predicted octanol–water partition coefficient (Wildman–Crippen LogP) is 3.55. The van der Waals surface area contributed by atoms with Crippen LogP contribution in [0.1, 0.15) is 11.1 Å². The van der Waals surface area contributed by atoms with E-state index in [1.54, 1.807) is 11.1 Å². The van der Waals surface area contributed by atoms with Gasteiger partial charge in [-0.25, -0.2) is 0 Å². The summed E-state index contributed by atoms with van der Waals surface area (Å²) in [6.07, 6.45) is 3.13. The molecule has 0 saturated heterocycles. The maximum absolute atomic E-state index is 12.4. The average Bonchev–Trinajstić information content (AvgIpc) is 2.78. The summed E-state index contributed by atoms with van der Waals surface area (Å²) in [5.41, 5.74) is 5.71. The fourth-order valence-corrected chi connectivity index (χ4v) is 2.72. The highest BCUT2D eigenvalue weighted by atomic mass is 16.2. The lowest BCUT2D eigenvalue weighted by Crippen LogP contribution is -2.46. The number of benzene rings is 3. The standard InChI is InChI=1S/C24H23N3O2/c28-23(17-16-20-10-4-1-5-11-20)25-18-24(29)26-27(22-14-8-3-9-15-22)19-21-12-6-2-7-13-21/h1-17H,18-19H2,(H,25,28)(H,26,29)/b17-16+. The Labute approximate surface area is 170 Å². The molecule has 0 aliphatic carbocycles. The lowest BCUT2D eigenvalue weighted by atomic mass is 10.2. The molecule has 2 amide bonds. The molecule has 2 N–H and O–H groups in total. The second-order valence-corrected chi connectivity index (χ2v) is 6.40. The number of hydrogen-bond acceptors (Lipinski definition) is 3. The monoisotopic (exact) mass is 385 g/mol. The van der Waals surface area contributed by atoms with Crippen molar-refractivity contribution in [3.8, 4) is 0 Å². The van der Waals surface area contributed by atoms with E-state index >= 15 is 0 Å². The Balaban J connectivity index is 1.56. The van der Waals surface area contributed by atoms with Crippen molar-refractivity contribution in [3.05, 3.63) is 108 Å². The van der Waals surface area contributed by atoms with Gasteiger partial charge >= 0.3 is 0 Å². The van der Waals surface area contributed by atoms with Crippen molar-refractivity contribution in [2.24, 2.45) is 0 Å². The minimum absolute atomic E-state index is 0.115. The molecule has 0 radical (unpaired) electrons. The molecule has 0 unspecified atom stereocenters. The predicted molar refractivity (Wildman–Crippen MR) is 116 cm³/mol. The first kappa shape index (κ1) is 19.9. The summed E-state index contributed by atoms with van der Waals surface area (Å²) < 4.78 is 0. The van der Waals surface area contributed by atoms with E-state index in [0.29, 0.717) is 6.54 Å². The van der Waals surface area contributed by atoms with E-state index in [-0.39, 0.29) is 18.4 Å². The largest absolute Gasteiger partial charge is 0.343 e. The van der Waals surface area contributed by atoms with Gasteiger partial charge in [-0.2, -0.15) is 0 Å². The average molecular weight is 385 g/mol. The molecule has 29 heavy (non-hydrogen) atoms. The topological polar surface area (TPSA) is 61.4 Å². The molecule has 3 aromatic carbocycles. The van der Waals surface area contributed by atoms with Gasteiger partial charge in [0.25, 0.3) is 5.91 Å². The number of nitrogens with one attached hydrogen (secondary N) is 2. The van der Waals surface area contributed by atoms with Crippen LogP contribution in [0.3, 0.4) is 0 Å². The highest BCUT2D eigenvalue weighted by Gasteiger charge is 2.11. The zero-order valence-corrected chi connectivity index (χ0v) is 16.0. The molecule has 5 nitrogen and oxygen atoms in total. The molecule has 0 spiro atoms. The SMILES string of the molecule is O=C(/C=C/c1ccccc1)NCC(=O)NN(Cc1ccccc1)c1ccccc1. The van der Waals surface area contributed by atoms with Crippen LogP contribution in [0.15, 0.2) is 97.1 Å². The van der Waals surface area contributed by atoms with Crippen molar-refractivity contribution in [1.29, 1.82) is 0 Å². The zero-order chi connectivity index (χ0) is 20.3. The van der Waals surface area contributed by atoms with E-state index < -0.39 is 0 Å². The first-order chi connectivity index (χ1) is 14.2. The van der Waals surface area contributed by atoms with Gasteiger partial charge in [-0.1, -0.05) is 78.9 Å². The molecule has 0 fully saturated rings. The van der Waals surface area contributed by atoms with Crippen molar-refractivity contribution in [3.63, 3.8) is 0 Å². The van der Waals surface area contributed by atoms with Crippen LogP contribution in [0.25, 0.3) is 6.08 Å². The van der Waals surface area contributed by atoms with Gasteiger partial charge in [0.1, 0.15) is 0 Å². The van der Waals surface area contributed by atoms with E-state index in [2.05, 4.69) is 10.7 Å². The zero-order valence-electron chi connectivity index (χ0n) is 16.0. The Kier molecular flexibility index (Phi) is 7.18. The van der Waals surface area contributed by atoms with Crippen molar-refractivity contribution in [2.45, 2.75) is 6.54 Å². The van der Waals surface area contributed by atoms with E-state index in [1.807, 2.05) is 91.0 Å². The molecule has 146 valence electrons. The molecule has 0 aromatic heterocycles. The molecular weight excluding hydrogens is 362 g/mol. The van der Waals surface area contributed by atoms with Crippen LogP contribution < -0.4 is 15.8 Å². The first-order valence-electron chi connectivity index (χ1n) is 9.38. The van der Waals surface area contributed by atoms with Crippen molar-refractivity contribution in [2.75, 3.05) is 11.6 Å². The molecule has 0 aliphatic rings. The number of amides is 2. The fraction of sp³-hybridized carbons (Fsp3) is 0.0833. The van der Waals surface area contributed by atoms with E-state index in [4.69, 9.17) is 0 Å². The Morgan fingerprint density at radius 2 is 1.38 bits per heavy atom. The number of carbonyl (C=O) groups excluding carboxylic acids is 2. The van der Waals surface area contributed by atoms with Crippen LogP contribution in [0.4, 0.5) is 5.69 Å². The molecular formula is C24H23N3O2. The maximum atomic E-state index is 12.4. The number of anilines is 1. The number of nitrogens with zero attached hydrogens (tertiary/aromatic N) is 1. The van der Waals surface area contributed by atoms with Gasteiger partial charge in [0.2, 0.25) is 5.91 Å². The number of para-hydroxylation sites is 1. The Morgan fingerprint density at radius 3 is 2.03 bits per heavy atom. The van der Waals surface area contributed by atoms with Crippen LogP contribution in [0.2, 0.25) is 0 Å². The van der Waals surface area contributed by atoms with Gasteiger partial charge in [0, 0.05) is 6.08 Å². The highest BCUT2D eigenvalue weighted by Crippen LogP contribution is 2.14. The molecule has 0 heterocycles. The van der Waals surface area contributed by atoms with Gasteiger partial charge in [-0.15, -0.1) is 0 Å². The summed E-state index contributed by atoms with van der Waals surface area (Å²) in [5, 5.41) is 4.38. The number of hydrazine groups is 1. The molecule has 3 rings (SSSR count). The maximum Gasteiger partial charge on any atom is 0.257 e. The van der Waals surface area contributed by atoms with E-state index in [1.165, 1.54) is 6.08 Å². The lowest BCUT2D eigenvalue weighted by Gasteiger charge is -2.25. The third-order valence-electron chi connectivity index (χ3n) is 4.16. The molecule has 0 aliphatic heterocycles. The highest BCUT2D eigenvalue weighted by molar-refractivity contribution is 5.94. The third kappa shape index (κ3) is 6.66. The van der Waals surface area contributed by atoms with Crippen LogP contribution in [0.5, 0.6) is 0 Å². The van der Waals surface area contributed by atoms with E-state index in [9.17, 15) is 9.59 Å². The van der Waals surface area contributed by atoms with Crippen LogP contribution in [-0.4, -0.2) is 18.4 Å². The number of hydrogen-bond donors (Lipinski definition) is 2. The minimum atomic E-state index is -0.321. The van der Waals surface area contributed by atoms with Crippen LogP contribution >= 0.6 is 0 Å². The quantitative estimate of drug-likeness (QED) is 0.460. The second-order valence-electron chi connectivity index (χ2n) is 6.40. The summed E-state index contributed by atoms with van der Waals surface area (Å²) >= 11 is 0. The smallest absolute Gasteiger partial charge is 0.257 e. The summed E-state index contributed by atoms with van der Waals surface area (Å²) in [6.45, 7) is 0.397. The van der Waals surface area contributed by atoms with Gasteiger partial charge in [0.05, 0.1) is 18.8 Å². The number of carbonyl (C=O) groups is 2. The Hall–Kier alpha value is -3.86. The van der Waals surface area contributed by atoms with Gasteiger partial charge in [-0.3, -0.25) is 20.0 Å². The van der Waals surface area contributed by atoms with Crippen LogP contribution in [-0.2, 0) is 16.1 Å². The van der Waals surface area contributed by atoms with E-state index in [0.717, 1.165) is 16.8 Å². The van der Waals surface area contributed by atoms with Crippen molar-refractivity contribution in [1.82, 2.24) is 10.7 Å². The minimum Gasteiger partial charge on any atom is -0.343 e. The summed E-state index contributed by atoms with van der Waals surface area (Å²) in [4.78, 5) is 24.4. The lowest BCUT2D eigenvalue weighted by molar-refractivity contribution is -0.124. The van der Waals surface area contributed by atoms with Gasteiger partial charge in [0.15, 0.2) is 0 Å². The normalized spacial score (nSPS) is 10.5. The summed E-state index contributed by atoms with van der Waals surface area (Å²) in [7, 11) is 0. The first-order valence-corrected chi connectivity index (χ1v) is 9.38. The van der Waals surface area contributed by atoms with Crippen molar-refractivity contribution < 1.29 is 9.59 Å². The molecule has 0 atom stereocenters. The van der Waals surface area contributed by atoms with Crippen LogP contribution in [0, 0.1) is 0 Å². The van der Waals surface area contributed by atoms with Gasteiger partial charge < -0.3 is 5.32 Å².